The predicted molar refractivity (Wildman–Crippen MR) is 225 cm³/mol. The molecule has 0 saturated carbocycles. The molecule has 54 heavy (non-hydrogen) atoms. The molecule has 0 bridgehead atoms. The van der Waals surface area contributed by atoms with Crippen LogP contribution in [0.3, 0.4) is 0 Å². The fourth-order valence-corrected chi connectivity index (χ4v) is 6.94. The van der Waals surface area contributed by atoms with Gasteiger partial charge in [-0.3, -0.25) is 14.1 Å². The minimum atomic E-state index is -4.75. The maximum Gasteiger partial charge on any atom is 0.469 e. The molecule has 0 amide bonds. The molecular weight excluding hydrogens is 699 g/mol. The minimum Gasteiger partial charge on any atom is -0.462 e. The molecule has 0 aliphatic rings. The van der Waals surface area contributed by atoms with E-state index in [-0.39, 0.29) is 19.4 Å². The number of esters is 2. The number of ether oxygens (including phenoxy) is 2. The molecule has 0 heterocycles. The van der Waals surface area contributed by atoms with Gasteiger partial charge >= 0.3 is 19.8 Å². The van der Waals surface area contributed by atoms with E-state index in [0.29, 0.717) is 6.42 Å². The van der Waals surface area contributed by atoms with Crippen molar-refractivity contribution in [3.8, 4) is 0 Å². The van der Waals surface area contributed by atoms with Gasteiger partial charge in [-0.25, -0.2) is 4.57 Å². The highest BCUT2D eigenvalue weighted by molar-refractivity contribution is 7.46. The van der Waals surface area contributed by atoms with Crippen LogP contribution in [0.4, 0.5) is 0 Å². The van der Waals surface area contributed by atoms with E-state index < -0.39 is 32.5 Å². The highest BCUT2D eigenvalue weighted by Gasteiger charge is 2.23. The lowest BCUT2D eigenvalue weighted by Crippen LogP contribution is -2.29. The SMILES string of the molecule is CCCCC/C=C/C/C=C/CCCCCCCCCCCC(=O)O[C@H](COC(=O)CCCCCCCCCCCCCCCCCCC)COP(=O)(O)O. The van der Waals surface area contributed by atoms with Gasteiger partial charge in [0.1, 0.15) is 6.61 Å². The van der Waals surface area contributed by atoms with Gasteiger partial charge in [0.2, 0.25) is 0 Å². The van der Waals surface area contributed by atoms with Crippen molar-refractivity contribution in [1.82, 2.24) is 0 Å². The van der Waals surface area contributed by atoms with E-state index in [9.17, 15) is 14.2 Å². The lowest BCUT2D eigenvalue weighted by Gasteiger charge is -2.18. The maximum atomic E-state index is 12.4. The summed E-state index contributed by atoms with van der Waals surface area (Å²) in [6, 6.07) is 0. The lowest BCUT2D eigenvalue weighted by molar-refractivity contribution is -0.161. The maximum absolute atomic E-state index is 12.4. The summed E-state index contributed by atoms with van der Waals surface area (Å²) >= 11 is 0. The van der Waals surface area contributed by atoms with Gasteiger partial charge in [0.25, 0.3) is 0 Å². The molecule has 0 aliphatic heterocycles. The van der Waals surface area contributed by atoms with E-state index in [0.717, 1.165) is 51.4 Å². The summed E-state index contributed by atoms with van der Waals surface area (Å²) in [5.41, 5.74) is 0. The summed E-state index contributed by atoms with van der Waals surface area (Å²) < 4.78 is 26.5. The summed E-state index contributed by atoms with van der Waals surface area (Å²) in [6.07, 6.45) is 47.5. The van der Waals surface area contributed by atoms with Crippen molar-refractivity contribution in [3.63, 3.8) is 0 Å². The minimum absolute atomic E-state index is 0.210. The fourth-order valence-electron chi connectivity index (χ4n) is 6.58. The zero-order chi connectivity index (χ0) is 39.6. The molecule has 0 unspecified atom stereocenters. The number of unbranched alkanes of at least 4 members (excludes halogenated alkanes) is 28. The van der Waals surface area contributed by atoms with Crippen LogP contribution in [0.2, 0.25) is 0 Å². The number of carbonyl (C=O) groups is 2. The molecule has 0 aromatic carbocycles. The monoisotopic (exact) mass is 785 g/mol. The zero-order valence-electron chi connectivity index (χ0n) is 35.1. The van der Waals surface area contributed by atoms with E-state index in [1.165, 1.54) is 148 Å². The zero-order valence-corrected chi connectivity index (χ0v) is 36.0. The Hall–Kier alpha value is -1.47. The largest absolute Gasteiger partial charge is 0.469 e. The van der Waals surface area contributed by atoms with Crippen LogP contribution >= 0.6 is 7.82 Å². The Morgan fingerprint density at radius 3 is 1.26 bits per heavy atom. The van der Waals surface area contributed by atoms with Crippen molar-refractivity contribution < 1.29 is 37.9 Å². The van der Waals surface area contributed by atoms with Crippen LogP contribution < -0.4 is 0 Å². The molecule has 8 nitrogen and oxygen atoms in total. The van der Waals surface area contributed by atoms with Crippen molar-refractivity contribution in [2.24, 2.45) is 0 Å². The second kappa shape index (κ2) is 41.2. The first-order valence-electron chi connectivity index (χ1n) is 22.6. The van der Waals surface area contributed by atoms with Gasteiger partial charge in [0.15, 0.2) is 6.10 Å². The lowest BCUT2D eigenvalue weighted by atomic mass is 10.0. The van der Waals surface area contributed by atoms with Crippen molar-refractivity contribution >= 4 is 19.8 Å². The van der Waals surface area contributed by atoms with Gasteiger partial charge in [-0.15, -0.1) is 0 Å². The number of allylic oxidation sites excluding steroid dienone is 4. The van der Waals surface area contributed by atoms with Crippen molar-refractivity contribution in [1.29, 1.82) is 0 Å². The summed E-state index contributed by atoms with van der Waals surface area (Å²) in [4.78, 5) is 42.9. The van der Waals surface area contributed by atoms with Crippen molar-refractivity contribution in [2.45, 2.75) is 238 Å². The average molecular weight is 785 g/mol. The van der Waals surface area contributed by atoms with Gasteiger partial charge in [0, 0.05) is 12.8 Å². The average Bonchev–Trinajstić information content (AvgIpc) is 3.14. The van der Waals surface area contributed by atoms with Crippen LogP contribution in [0.25, 0.3) is 0 Å². The smallest absolute Gasteiger partial charge is 0.462 e. The Morgan fingerprint density at radius 2 is 0.833 bits per heavy atom. The molecule has 9 heteroatoms. The standard InChI is InChI=1S/C45H85O8P/c1-3-5-7-9-11-13-15-17-19-21-22-24-26-28-30-32-34-36-38-40-45(47)53-43(42-52-54(48,49)50)41-51-44(46)39-37-35-33-31-29-27-25-23-20-18-16-14-12-10-8-6-4-2/h11,13,17,19,43H,3-10,12,14-16,18,20-42H2,1-2H3,(H2,48,49,50)/b13-11+,19-17+/t43-/m1/s1. The molecule has 2 N–H and O–H groups in total. The first-order chi connectivity index (χ1) is 26.3. The topological polar surface area (TPSA) is 119 Å². The molecule has 0 saturated heterocycles. The van der Waals surface area contributed by atoms with Crippen LogP contribution in [0.1, 0.15) is 232 Å². The van der Waals surface area contributed by atoms with Gasteiger partial charge in [-0.1, -0.05) is 199 Å². The van der Waals surface area contributed by atoms with E-state index >= 15 is 0 Å². The molecule has 0 radical (unpaired) electrons. The quantitative estimate of drug-likeness (QED) is 0.0272. The van der Waals surface area contributed by atoms with Crippen LogP contribution in [0.5, 0.6) is 0 Å². The second-order valence-corrected chi connectivity index (χ2v) is 16.6. The van der Waals surface area contributed by atoms with E-state index in [1.54, 1.807) is 0 Å². The van der Waals surface area contributed by atoms with Gasteiger partial charge < -0.3 is 19.3 Å². The van der Waals surface area contributed by atoms with Gasteiger partial charge in [-0.05, 0) is 44.9 Å². The molecule has 318 valence electrons. The molecule has 0 aromatic heterocycles. The second-order valence-electron chi connectivity index (χ2n) is 15.4. The Kier molecular flexibility index (Phi) is 40.1. The number of rotatable bonds is 42. The number of carbonyl (C=O) groups excluding carboxylic acids is 2. The van der Waals surface area contributed by atoms with E-state index in [1.807, 2.05) is 0 Å². The Labute approximate surface area is 332 Å². The van der Waals surface area contributed by atoms with Crippen LogP contribution in [0, 0.1) is 0 Å². The molecular formula is C45H85O8P. The molecule has 0 fully saturated rings. The Balaban J connectivity index is 3.86. The van der Waals surface area contributed by atoms with E-state index in [2.05, 4.69) is 42.7 Å². The van der Waals surface area contributed by atoms with Gasteiger partial charge in [-0.2, -0.15) is 0 Å². The third-order valence-electron chi connectivity index (χ3n) is 9.97. The van der Waals surface area contributed by atoms with E-state index in [4.69, 9.17) is 19.3 Å². The summed E-state index contributed by atoms with van der Waals surface area (Å²) in [5.74, 6) is -0.878. The van der Waals surface area contributed by atoms with Crippen molar-refractivity contribution in [2.75, 3.05) is 13.2 Å². The predicted octanol–water partition coefficient (Wildman–Crippen LogP) is 14.0. The number of hydrogen-bond donors (Lipinski definition) is 2. The fraction of sp³-hybridized carbons (Fsp3) is 0.867. The number of hydrogen-bond acceptors (Lipinski definition) is 6. The molecule has 0 spiro atoms. The summed E-state index contributed by atoms with van der Waals surface area (Å²) in [6.45, 7) is 3.69. The third-order valence-corrected chi connectivity index (χ3v) is 10.5. The highest BCUT2D eigenvalue weighted by Crippen LogP contribution is 2.36. The van der Waals surface area contributed by atoms with Crippen LogP contribution in [-0.2, 0) is 28.2 Å². The molecule has 0 aliphatic carbocycles. The molecule has 0 rings (SSSR count). The van der Waals surface area contributed by atoms with Crippen molar-refractivity contribution in [3.05, 3.63) is 24.3 Å². The summed E-state index contributed by atoms with van der Waals surface area (Å²) in [7, 11) is -4.75. The summed E-state index contributed by atoms with van der Waals surface area (Å²) in [5, 5.41) is 0. The third kappa shape index (κ3) is 43.3. The first kappa shape index (κ1) is 52.5. The first-order valence-corrected chi connectivity index (χ1v) is 24.2. The van der Waals surface area contributed by atoms with Crippen LogP contribution in [0.15, 0.2) is 24.3 Å². The molecule has 1 atom stereocenters. The Morgan fingerprint density at radius 1 is 0.481 bits per heavy atom. The highest BCUT2D eigenvalue weighted by atomic mass is 31.2. The normalized spacial score (nSPS) is 12.6. The Bertz CT molecular complexity index is 931. The molecule has 0 aromatic rings. The van der Waals surface area contributed by atoms with Gasteiger partial charge in [0.05, 0.1) is 6.61 Å². The van der Waals surface area contributed by atoms with Crippen LogP contribution in [-0.4, -0.2) is 41.0 Å². The number of phosphoric acid groups is 1. The number of phosphoric ester groups is 1.